The van der Waals surface area contributed by atoms with Crippen molar-refractivity contribution in [2.45, 2.75) is 25.7 Å². The molecule has 196 valence electrons. The number of rotatable bonds is 12. The van der Waals surface area contributed by atoms with Crippen molar-refractivity contribution in [3.63, 3.8) is 0 Å². The Hall–Kier alpha value is -2.85. The largest absolute Gasteiger partial charge is 0.573 e. The van der Waals surface area contributed by atoms with Crippen molar-refractivity contribution in [1.82, 2.24) is 15.3 Å². The molecule has 0 spiro atoms. The van der Waals surface area contributed by atoms with Crippen LogP contribution in [0.25, 0.3) is 21.7 Å². The first-order valence-electron chi connectivity index (χ1n) is 11.6. The number of fused-ring (bicyclic) bond motifs is 3. The van der Waals surface area contributed by atoms with E-state index in [0.29, 0.717) is 44.4 Å². The SMILES string of the molecule is FC(F)(F)Oc1cc(CNCCCCOCCOc2nc3ccccc3c3cnccc23)cc(Cl)c1Cl. The summed E-state index contributed by atoms with van der Waals surface area (Å²) in [5.74, 6) is 0.0348. The summed E-state index contributed by atoms with van der Waals surface area (Å²) >= 11 is 11.7. The average Bonchev–Trinajstić information content (AvgIpc) is 2.87. The summed E-state index contributed by atoms with van der Waals surface area (Å²) in [4.78, 5) is 8.86. The van der Waals surface area contributed by atoms with Crippen LogP contribution in [0.1, 0.15) is 18.4 Å². The number of ether oxygens (including phenoxy) is 3. The molecular formula is C26H24Cl2F3N3O3. The highest BCUT2D eigenvalue weighted by Crippen LogP contribution is 2.36. The van der Waals surface area contributed by atoms with Crippen LogP contribution in [0.2, 0.25) is 10.0 Å². The Morgan fingerprint density at radius 1 is 0.919 bits per heavy atom. The highest BCUT2D eigenvalue weighted by atomic mass is 35.5. The smallest absolute Gasteiger partial charge is 0.475 e. The summed E-state index contributed by atoms with van der Waals surface area (Å²) in [5.41, 5.74) is 1.38. The first-order valence-corrected chi connectivity index (χ1v) is 12.3. The molecule has 0 fully saturated rings. The molecular weight excluding hydrogens is 530 g/mol. The van der Waals surface area contributed by atoms with Crippen molar-refractivity contribution in [2.75, 3.05) is 26.4 Å². The van der Waals surface area contributed by atoms with Gasteiger partial charge in [0.15, 0.2) is 0 Å². The molecule has 6 nitrogen and oxygen atoms in total. The second-order valence-electron chi connectivity index (χ2n) is 8.14. The van der Waals surface area contributed by atoms with Gasteiger partial charge in [0.25, 0.3) is 0 Å². The van der Waals surface area contributed by atoms with Crippen LogP contribution < -0.4 is 14.8 Å². The van der Waals surface area contributed by atoms with Crippen molar-refractivity contribution >= 4 is 44.9 Å². The molecule has 1 N–H and O–H groups in total. The average molecular weight is 554 g/mol. The van der Waals surface area contributed by atoms with Crippen molar-refractivity contribution in [3.8, 4) is 11.6 Å². The lowest BCUT2D eigenvalue weighted by Gasteiger charge is -2.13. The normalized spacial score (nSPS) is 11.8. The van der Waals surface area contributed by atoms with Gasteiger partial charge in [-0.05, 0) is 49.2 Å². The predicted octanol–water partition coefficient (Wildman–Crippen LogP) is 6.95. The third-order valence-corrected chi connectivity index (χ3v) is 6.22. The van der Waals surface area contributed by atoms with Gasteiger partial charge in [-0.25, -0.2) is 4.98 Å². The van der Waals surface area contributed by atoms with Gasteiger partial charge < -0.3 is 19.5 Å². The zero-order valence-corrected chi connectivity index (χ0v) is 21.2. The Bertz CT molecular complexity index is 1360. The molecule has 37 heavy (non-hydrogen) atoms. The van der Waals surface area contributed by atoms with E-state index < -0.39 is 12.1 Å². The molecule has 0 aliphatic carbocycles. The van der Waals surface area contributed by atoms with Gasteiger partial charge in [-0.1, -0.05) is 41.4 Å². The molecule has 4 rings (SSSR count). The van der Waals surface area contributed by atoms with Crippen LogP contribution in [-0.4, -0.2) is 42.7 Å². The van der Waals surface area contributed by atoms with Crippen LogP contribution in [0.15, 0.2) is 54.9 Å². The number of hydrogen-bond acceptors (Lipinski definition) is 6. The number of unbranched alkanes of at least 4 members (excludes halogenated alkanes) is 1. The molecule has 2 aromatic heterocycles. The van der Waals surface area contributed by atoms with Crippen LogP contribution >= 0.6 is 23.2 Å². The van der Waals surface area contributed by atoms with E-state index in [-0.39, 0.29) is 10.0 Å². The highest BCUT2D eigenvalue weighted by Gasteiger charge is 2.32. The minimum Gasteiger partial charge on any atom is -0.475 e. The number of hydrogen-bond donors (Lipinski definition) is 1. The molecule has 0 amide bonds. The molecule has 0 atom stereocenters. The predicted molar refractivity (Wildman–Crippen MR) is 137 cm³/mol. The molecule has 2 aromatic carbocycles. The van der Waals surface area contributed by atoms with Gasteiger partial charge in [-0.15, -0.1) is 13.2 Å². The van der Waals surface area contributed by atoms with Crippen molar-refractivity contribution < 1.29 is 27.4 Å². The number of para-hydroxylation sites is 1. The van der Waals surface area contributed by atoms with E-state index in [0.717, 1.165) is 34.5 Å². The second-order valence-corrected chi connectivity index (χ2v) is 8.92. The van der Waals surface area contributed by atoms with Crippen LogP contribution in [0, 0.1) is 0 Å². The number of pyridine rings is 2. The minimum absolute atomic E-state index is 0.000565. The molecule has 0 saturated heterocycles. The fourth-order valence-electron chi connectivity index (χ4n) is 3.78. The van der Waals surface area contributed by atoms with Gasteiger partial charge in [0.05, 0.1) is 17.1 Å². The van der Waals surface area contributed by atoms with Crippen molar-refractivity contribution in [1.29, 1.82) is 0 Å². The number of aromatic nitrogens is 2. The van der Waals surface area contributed by atoms with Crippen LogP contribution in [-0.2, 0) is 11.3 Å². The van der Waals surface area contributed by atoms with E-state index in [2.05, 4.69) is 20.0 Å². The third kappa shape index (κ3) is 7.58. The van der Waals surface area contributed by atoms with E-state index in [1.165, 1.54) is 12.1 Å². The maximum absolute atomic E-state index is 12.5. The quantitative estimate of drug-likeness (QED) is 0.151. The van der Waals surface area contributed by atoms with E-state index in [9.17, 15) is 13.2 Å². The van der Waals surface area contributed by atoms with Crippen LogP contribution in [0.5, 0.6) is 11.6 Å². The van der Waals surface area contributed by atoms with E-state index in [1.807, 2.05) is 36.5 Å². The van der Waals surface area contributed by atoms with E-state index in [4.69, 9.17) is 32.7 Å². The molecule has 11 heteroatoms. The summed E-state index contributed by atoms with van der Waals surface area (Å²) in [7, 11) is 0. The molecule has 0 aliphatic heterocycles. The third-order valence-electron chi connectivity index (χ3n) is 5.44. The van der Waals surface area contributed by atoms with Gasteiger partial charge in [0.1, 0.15) is 17.4 Å². The van der Waals surface area contributed by atoms with Gasteiger partial charge in [-0.2, -0.15) is 0 Å². The molecule has 0 saturated carbocycles. The first kappa shape index (κ1) is 27.2. The molecule has 0 radical (unpaired) electrons. The molecule has 0 bridgehead atoms. The van der Waals surface area contributed by atoms with Gasteiger partial charge in [0.2, 0.25) is 5.88 Å². The number of alkyl halides is 3. The Labute approximate surface area is 221 Å². The Morgan fingerprint density at radius 2 is 1.76 bits per heavy atom. The minimum atomic E-state index is -4.85. The maximum Gasteiger partial charge on any atom is 0.573 e. The Balaban J connectivity index is 1.15. The molecule has 0 unspecified atom stereocenters. The summed E-state index contributed by atoms with van der Waals surface area (Å²) in [6.07, 6.45) is 0.305. The lowest BCUT2D eigenvalue weighted by molar-refractivity contribution is -0.274. The number of benzene rings is 2. The lowest BCUT2D eigenvalue weighted by Crippen LogP contribution is -2.18. The highest BCUT2D eigenvalue weighted by molar-refractivity contribution is 6.43. The molecule has 4 aromatic rings. The number of nitrogens with zero attached hydrogens (tertiary/aromatic N) is 2. The van der Waals surface area contributed by atoms with Gasteiger partial charge >= 0.3 is 6.36 Å². The van der Waals surface area contributed by atoms with E-state index >= 15 is 0 Å². The van der Waals surface area contributed by atoms with Crippen LogP contribution in [0.4, 0.5) is 13.2 Å². The number of nitrogens with one attached hydrogen (secondary N) is 1. The van der Waals surface area contributed by atoms with Crippen LogP contribution in [0.3, 0.4) is 0 Å². The number of halogens is 5. The summed E-state index contributed by atoms with van der Waals surface area (Å²) in [6.45, 7) is 2.30. The second kappa shape index (κ2) is 12.6. The summed E-state index contributed by atoms with van der Waals surface area (Å²) in [5, 5.41) is 5.80. The Kier molecular flexibility index (Phi) is 9.26. The zero-order chi connectivity index (χ0) is 26.3. The summed E-state index contributed by atoms with van der Waals surface area (Å²) < 4.78 is 53.1. The monoisotopic (exact) mass is 553 g/mol. The zero-order valence-electron chi connectivity index (χ0n) is 19.7. The fraction of sp³-hybridized carbons (Fsp3) is 0.308. The molecule has 2 heterocycles. The first-order chi connectivity index (χ1) is 17.8. The molecule has 0 aliphatic rings. The summed E-state index contributed by atoms with van der Waals surface area (Å²) in [6, 6.07) is 12.5. The van der Waals surface area contributed by atoms with Crippen molar-refractivity contribution in [2.24, 2.45) is 0 Å². The van der Waals surface area contributed by atoms with Gasteiger partial charge in [0, 0.05) is 41.7 Å². The fourth-order valence-corrected chi connectivity index (χ4v) is 4.16. The van der Waals surface area contributed by atoms with E-state index in [1.54, 1.807) is 6.20 Å². The van der Waals surface area contributed by atoms with Crippen molar-refractivity contribution in [3.05, 3.63) is 70.5 Å². The Morgan fingerprint density at radius 3 is 2.59 bits per heavy atom. The topological polar surface area (TPSA) is 65.5 Å². The standard InChI is InChI=1S/C26H24Cl2F3N3O3/c27-21-13-17(14-23(24(21)28)37-26(29,30)31)15-32-8-3-4-10-35-11-12-36-25-19-7-9-33-16-20(19)18-5-1-2-6-22(18)34-25/h1-2,5-7,9,13-14,16,32H,3-4,8,10-12,15H2. The maximum atomic E-state index is 12.5. The van der Waals surface area contributed by atoms with Gasteiger partial charge in [-0.3, -0.25) is 4.98 Å². The lowest BCUT2D eigenvalue weighted by atomic mass is 10.1.